The van der Waals surface area contributed by atoms with Gasteiger partial charge in [0.15, 0.2) is 0 Å². The Hall–Kier alpha value is -0.850. The molecule has 2 atom stereocenters. The zero-order valence-corrected chi connectivity index (χ0v) is 13.3. The van der Waals surface area contributed by atoms with Crippen molar-refractivity contribution in [1.82, 2.24) is 14.6 Å². The molecule has 1 aliphatic carbocycles. The Morgan fingerprint density at radius 2 is 2.20 bits per heavy atom. The molecule has 2 N–H and O–H groups in total. The molecule has 1 aromatic heterocycles. The molecule has 0 aliphatic heterocycles. The fourth-order valence-electron chi connectivity index (χ4n) is 2.33. The molecule has 0 amide bonds. The zero-order chi connectivity index (χ0) is 14.8. The Labute approximate surface area is 121 Å². The molecule has 114 valence electrons. The Bertz CT molecular complexity index is 538. The lowest BCUT2D eigenvalue weighted by atomic mass is 10.3. The predicted octanol–water partition coefficient (Wildman–Crippen LogP) is 1.79. The van der Waals surface area contributed by atoms with Gasteiger partial charge in [0.2, 0.25) is 10.0 Å². The molecule has 6 heteroatoms. The average Bonchev–Trinajstić information content (AvgIpc) is 2.91. The smallest absolute Gasteiger partial charge is 0.244 e. The summed E-state index contributed by atoms with van der Waals surface area (Å²) in [5, 5.41) is 3.25. The Kier molecular flexibility index (Phi) is 4.88. The predicted molar refractivity (Wildman–Crippen MR) is 79.9 cm³/mol. The maximum atomic E-state index is 12.4. The highest BCUT2D eigenvalue weighted by atomic mass is 32.2. The topological polar surface area (TPSA) is 65.2 Å². The van der Waals surface area contributed by atoms with E-state index in [2.05, 4.69) is 24.1 Å². The highest BCUT2D eigenvalue weighted by Crippen LogP contribution is 2.38. The molecule has 0 saturated heterocycles. The molecular weight excluding hydrogens is 274 g/mol. The lowest BCUT2D eigenvalue weighted by molar-refractivity contribution is 0.445. The summed E-state index contributed by atoms with van der Waals surface area (Å²) in [4.78, 5) is 3.40. The van der Waals surface area contributed by atoms with Crippen molar-refractivity contribution in [3.8, 4) is 0 Å². The molecule has 20 heavy (non-hydrogen) atoms. The highest BCUT2D eigenvalue weighted by molar-refractivity contribution is 7.89. The second-order valence-corrected chi connectivity index (χ2v) is 7.84. The molecule has 5 nitrogen and oxygen atoms in total. The second-order valence-electron chi connectivity index (χ2n) is 5.80. The maximum Gasteiger partial charge on any atom is 0.244 e. The van der Waals surface area contributed by atoms with Gasteiger partial charge in [-0.25, -0.2) is 12.7 Å². The van der Waals surface area contributed by atoms with E-state index >= 15 is 0 Å². The summed E-state index contributed by atoms with van der Waals surface area (Å²) in [6.07, 6.45) is 3.79. The van der Waals surface area contributed by atoms with Crippen molar-refractivity contribution < 1.29 is 8.42 Å². The van der Waals surface area contributed by atoms with Gasteiger partial charge in [0.1, 0.15) is 0 Å². The first-order valence-corrected chi connectivity index (χ1v) is 8.73. The van der Waals surface area contributed by atoms with Crippen molar-refractivity contribution in [2.75, 3.05) is 20.1 Å². The molecule has 1 aromatic rings. The van der Waals surface area contributed by atoms with Gasteiger partial charge in [-0.05, 0) is 37.3 Å². The lowest BCUT2D eigenvalue weighted by Gasteiger charge is -2.15. The largest absolute Gasteiger partial charge is 0.363 e. The van der Waals surface area contributed by atoms with Crippen molar-refractivity contribution in [2.24, 2.45) is 11.8 Å². The molecule has 0 spiro atoms. The maximum absolute atomic E-state index is 12.4. The summed E-state index contributed by atoms with van der Waals surface area (Å²) >= 11 is 0. The number of rotatable bonds is 8. The third kappa shape index (κ3) is 3.62. The van der Waals surface area contributed by atoms with Crippen LogP contribution in [-0.2, 0) is 16.6 Å². The Balaban J connectivity index is 1.98. The monoisotopic (exact) mass is 299 g/mol. The molecule has 0 bridgehead atoms. The van der Waals surface area contributed by atoms with E-state index in [9.17, 15) is 8.42 Å². The Morgan fingerprint density at radius 3 is 2.80 bits per heavy atom. The van der Waals surface area contributed by atoms with E-state index in [-0.39, 0.29) is 0 Å². The van der Waals surface area contributed by atoms with Crippen LogP contribution in [0.15, 0.2) is 17.2 Å². The minimum atomic E-state index is -3.35. The molecule has 1 fully saturated rings. The van der Waals surface area contributed by atoms with Crippen LogP contribution in [0.3, 0.4) is 0 Å². The van der Waals surface area contributed by atoms with E-state index in [0.717, 1.165) is 25.1 Å². The van der Waals surface area contributed by atoms with E-state index in [1.165, 1.54) is 4.31 Å². The van der Waals surface area contributed by atoms with Crippen LogP contribution in [0.2, 0.25) is 0 Å². The fraction of sp³-hybridized carbons (Fsp3) is 0.714. The van der Waals surface area contributed by atoms with Crippen molar-refractivity contribution in [1.29, 1.82) is 0 Å². The lowest BCUT2D eigenvalue weighted by Crippen LogP contribution is -2.29. The SMILES string of the molecule is CCCNCc1cc(S(=O)(=O)N(C)CC2CC2C)c[nH]1. The quantitative estimate of drug-likeness (QED) is 0.719. The molecule has 2 rings (SSSR count). The van der Waals surface area contributed by atoms with Gasteiger partial charge in [0.05, 0.1) is 4.90 Å². The van der Waals surface area contributed by atoms with Gasteiger partial charge in [-0.15, -0.1) is 0 Å². The fourth-order valence-corrected chi connectivity index (χ4v) is 3.58. The second kappa shape index (κ2) is 6.28. The number of nitrogens with one attached hydrogen (secondary N) is 2. The van der Waals surface area contributed by atoms with Crippen LogP contribution in [0.5, 0.6) is 0 Å². The van der Waals surface area contributed by atoms with E-state index in [4.69, 9.17) is 0 Å². The standard InChI is InChI=1S/C14H25N3O2S/c1-4-5-15-8-13-7-14(9-16-13)20(18,19)17(3)10-12-6-11(12)2/h7,9,11-12,15-16H,4-6,8,10H2,1-3H3. The summed E-state index contributed by atoms with van der Waals surface area (Å²) in [6, 6.07) is 1.73. The van der Waals surface area contributed by atoms with E-state index < -0.39 is 10.0 Å². The molecule has 0 radical (unpaired) electrons. The van der Waals surface area contributed by atoms with Crippen LogP contribution in [0, 0.1) is 11.8 Å². The summed E-state index contributed by atoms with van der Waals surface area (Å²) in [5.41, 5.74) is 0.908. The van der Waals surface area contributed by atoms with Crippen molar-refractivity contribution >= 4 is 10.0 Å². The molecular formula is C14H25N3O2S. The molecule has 0 aromatic carbocycles. The first-order valence-electron chi connectivity index (χ1n) is 7.29. The van der Waals surface area contributed by atoms with Crippen LogP contribution in [-0.4, -0.2) is 37.8 Å². The molecule has 2 unspecified atom stereocenters. The molecule has 1 aliphatic rings. The molecule has 1 saturated carbocycles. The average molecular weight is 299 g/mol. The van der Waals surface area contributed by atoms with Crippen molar-refractivity contribution in [2.45, 2.75) is 38.1 Å². The summed E-state index contributed by atoms with van der Waals surface area (Å²) in [5.74, 6) is 1.19. The zero-order valence-electron chi connectivity index (χ0n) is 12.5. The van der Waals surface area contributed by atoms with E-state index in [1.807, 2.05) is 0 Å². The minimum absolute atomic E-state index is 0.363. The van der Waals surface area contributed by atoms with Crippen LogP contribution in [0.4, 0.5) is 0 Å². The first-order chi connectivity index (χ1) is 9.45. The first kappa shape index (κ1) is 15.5. The number of aromatic nitrogens is 1. The summed E-state index contributed by atoms with van der Waals surface area (Å²) in [6.45, 7) is 6.50. The third-order valence-corrected chi connectivity index (χ3v) is 5.74. The van der Waals surface area contributed by atoms with Crippen LogP contribution >= 0.6 is 0 Å². The van der Waals surface area contributed by atoms with E-state index in [1.54, 1.807) is 19.3 Å². The van der Waals surface area contributed by atoms with Gasteiger partial charge in [-0.3, -0.25) is 0 Å². The highest BCUT2D eigenvalue weighted by Gasteiger charge is 2.36. The normalized spacial score (nSPS) is 22.4. The van der Waals surface area contributed by atoms with Gasteiger partial charge >= 0.3 is 0 Å². The number of H-pyrrole nitrogens is 1. The van der Waals surface area contributed by atoms with Crippen LogP contribution < -0.4 is 5.32 Å². The number of hydrogen-bond acceptors (Lipinski definition) is 3. The minimum Gasteiger partial charge on any atom is -0.363 e. The Morgan fingerprint density at radius 1 is 1.50 bits per heavy atom. The number of aromatic amines is 1. The number of nitrogens with zero attached hydrogens (tertiary/aromatic N) is 1. The van der Waals surface area contributed by atoms with Crippen molar-refractivity contribution in [3.05, 3.63) is 18.0 Å². The van der Waals surface area contributed by atoms with Crippen molar-refractivity contribution in [3.63, 3.8) is 0 Å². The van der Waals surface area contributed by atoms with Gasteiger partial charge in [-0.2, -0.15) is 0 Å². The van der Waals surface area contributed by atoms with Gasteiger partial charge < -0.3 is 10.3 Å². The van der Waals surface area contributed by atoms with E-state index in [0.29, 0.717) is 29.8 Å². The molecule has 1 heterocycles. The number of sulfonamides is 1. The number of hydrogen-bond donors (Lipinski definition) is 2. The van der Waals surface area contributed by atoms with Gasteiger partial charge in [0, 0.05) is 32.0 Å². The van der Waals surface area contributed by atoms with Crippen LogP contribution in [0.1, 0.15) is 32.4 Å². The van der Waals surface area contributed by atoms with Crippen LogP contribution in [0.25, 0.3) is 0 Å². The van der Waals surface area contributed by atoms with Gasteiger partial charge in [0.25, 0.3) is 0 Å². The summed E-state index contributed by atoms with van der Waals surface area (Å²) < 4.78 is 26.3. The summed E-state index contributed by atoms with van der Waals surface area (Å²) in [7, 11) is -1.68. The van der Waals surface area contributed by atoms with Gasteiger partial charge in [-0.1, -0.05) is 13.8 Å². The third-order valence-electron chi connectivity index (χ3n) is 3.93.